The zero-order valence-electron chi connectivity index (χ0n) is 36.0. The molecule has 3 aromatic carbocycles. The second-order valence-corrected chi connectivity index (χ2v) is 16.5. The van der Waals surface area contributed by atoms with Crippen LogP contribution in [-0.4, -0.2) is 105 Å². The first-order valence-electron chi connectivity index (χ1n) is 21.3. The molecular formula is C45H52F2N8O8. The standard InChI is InChI=1S/C45H52F2N8O8/c1-7-8-28-12-16-34(55(28)41(56)23(3)49-44(58)60-5)39-48-20-33(51-39)26-10-13-29-27(17-26)21-62-36-19-30-25(18-31(29)36)11-14-32-38(30)52-40(50-32)35-15-9-22(2)54(35)42(57)37(53-45(59)61-6)24(4)63-43(46)47/h10-11,13-14,17-20,22-24,28,34-35,37,43H,7-9,12,15-16,21H2,1-6H3,(H,48,51)(H,49,58)(H,50,52)(H,53,59). The lowest BCUT2D eigenvalue weighted by Crippen LogP contribution is -2.55. The van der Waals surface area contributed by atoms with Crippen molar-refractivity contribution in [3.05, 3.63) is 65.9 Å². The monoisotopic (exact) mass is 870 g/mol. The van der Waals surface area contributed by atoms with Crippen LogP contribution >= 0.6 is 0 Å². The molecule has 4 amide bonds. The molecule has 2 saturated heterocycles. The Morgan fingerprint density at radius 1 is 0.889 bits per heavy atom. The summed E-state index contributed by atoms with van der Waals surface area (Å²) in [5.41, 5.74) is 6.12. The van der Waals surface area contributed by atoms with E-state index < -0.39 is 48.9 Å². The smallest absolute Gasteiger partial charge is 0.407 e. The van der Waals surface area contributed by atoms with Crippen LogP contribution in [0.25, 0.3) is 44.2 Å². The summed E-state index contributed by atoms with van der Waals surface area (Å²) in [5.74, 6) is 1.16. The van der Waals surface area contributed by atoms with E-state index in [0.29, 0.717) is 42.4 Å². The van der Waals surface area contributed by atoms with Crippen molar-refractivity contribution in [2.75, 3.05) is 14.2 Å². The number of imidazole rings is 2. The number of amides is 4. The van der Waals surface area contributed by atoms with Gasteiger partial charge in [0.2, 0.25) is 11.8 Å². The van der Waals surface area contributed by atoms with Crippen LogP contribution < -0.4 is 15.4 Å². The van der Waals surface area contributed by atoms with Gasteiger partial charge in [-0.05, 0) is 99.2 Å². The number of nitrogens with zero attached hydrogens (tertiary/aromatic N) is 4. The maximum absolute atomic E-state index is 14.0. The molecular weight excluding hydrogens is 819 g/mol. The van der Waals surface area contributed by atoms with Crippen molar-refractivity contribution in [1.82, 2.24) is 40.4 Å². The summed E-state index contributed by atoms with van der Waals surface area (Å²) in [5, 5.41) is 6.78. The van der Waals surface area contributed by atoms with E-state index in [9.17, 15) is 28.0 Å². The number of methoxy groups -OCH3 is 2. The molecule has 63 heavy (non-hydrogen) atoms. The molecule has 3 aliphatic rings. The zero-order chi connectivity index (χ0) is 44.7. The summed E-state index contributed by atoms with van der Waals surface area (Å²) < 4.78 is 46.9. The second kappa shape index (κ2) is 17.8. The molecule has 16 nitrogen and oxygen atoms in total. The van der Waals surface area contributed by atoms with Crippen LogP contribution in [0.4, 0.5) is 18.4 Å². The van der Waals surface area contributed by atoms with Gasteiger partial charge in [0.15, 0.2) is 0 Å². The average Bonchev–Trinajstić information content (AvgIpc) is 4.10. The van der Waals surface area contributed by atoms with Gasteiger partial charge in [-0.2, -0.15) is 8.78 Å². The second-order valence-electron chi connectivity index (χ2n) is 16.5. The maximum Gasteiger partial charge on any atom is 0.407 e. The van der Waals surface area contributed by atoms with Crippen molar-refractivity contribution in [3.8, 4) is 28.1 Å². The van der Waals surface area contributed by atoms with Crippen LogP contribution in [0.1, 0.15) is 95.5 Å². The number of alkyl carbamates (subject to hydrolysis) is 2. The number of halogens is 2. The first-order valence-corrected chi connectivity index (χ1v) is 21.3. The molecule has 2 aromatic heterocycles. The fraction of sp³-hybridized carbons (Fsp3) is 0.467. The van der Waals surface area contributed by atoms with Gasteiger partial charge in [0.1, 0.15) is 36.1 Å². The Hall–Kier alpha value is -6.30. The van der Waals surface area contributed by atoms with E-state index in [1.54, 1.807) is 18.0 Å². The molecule has 334 valence electrons. The summed E-state index contributed by atoms with van der Waals surface area (Å²) in [6.45, 7) is 4.11. The highest BCUT2D eigenvalue weighted by atomic mass is 19.3. The molecule has 5 heterocycles. The molecule has 7 unspecified atom stereocenters. The highest BCUT2D eigenvalue weighted by Gasteiger charge is 2.43. The highest BCUT2D eigenvalue weighted by molar-refractivity contribution is 6.07. The molecule has 0 spiro atoms. The number of aromatic amines is 2. The Labute approximate surface area is 362 Å². The van der Waals surface area contributed by atoms with Gasteiger partial charge in [0.25, 0.3) is 0 Å². The molecule has 4 N–H and O–H groups in total. The third-order valence-corrected chi connectivity index (χ3v) is 12.6. The number of H-pyrrole nitrogens is 2. The van der Waals surface area contributed by atoms with Crippen LogP contribution in [-0.2, 0) is 30.4 Å². The van der Waals surface area contributed by atoms with E-state index in [4.69, 9.17) is 19.4 Å². The van der Waals surface area contributed by atoms with Gasteiger partial charge in [0.05, 0.1) is 55.3 Å². The Bertz CT molecular complexity index is 2540. The lowest BCUT2D eigenvalue weighted by Gasteiger charge is -2.33. The number of ether oxygens (including phenoxy) is 4. The molecule has 8 rings (SSSR count). The van der Waals surface area contributed by atoms with Gasteiger partial charge in [-0.25, -0.2) is 19.6 Å². The van der Waals surface area contributed by atoms with Gasteiger partial charge < -0.3 is 49.3 Å². The van der Waals surface area contributed by atoms with Crippen molar-refractivity contribution >= 4 is 45.8 Å². The first kappa shape index (κ1) is 43.4. The minimum Gasteiger partial charge on any atom is -0.488 e. The van der Waals surface area contributed by atoms with Crippen molar-refractivity contribution in [2.24, 2.45) is 0 Å². The molecule has 3 aliphatic heterocycles. The fourth-order valence-electron chi connectivity index (χ4n) is 9.50. The third kappa shape index (κ3) is 8.35. The van der Waals surface area contributed by atoms with E-state index in [-0.39, 0.29) is 24.0 Å². The number of hydrogen-bond acceptors (Lipinski definition) is 10. The zero-order valence-corrected chi connectivity index (χ0v) is 36.0. The average molecular weight is 871 g/mol. The summed E-state index contributed by atoms with van der Waals surface area (Å²) >= 11 is 0. The van der Waals surface area contributed by atoms with Crippen LogP contribution in [0.2, 0.25) is 0 Å². The lowest BCUT2D eigenvalue weighted by atomic mass is 9.92. The number of nitrogens with one attached hydrogen (secondary N) is 4. The number of hydrogen-bond donors (Lipinski definition) is 4. The molecule has 0 radical (unpaired) electrons. The van der Waals surface area contributed by atoms with Crippen LogP contribution in [0, 0.1) is 0 Å². The predicted octanol–water partition coefficient (Wildman–Crippen LogP) is 7.65. The van der Waals surface area contributed by atoms with Crippen molar-refractivity contribution < 1.29 is 46.9 Å². The number of rotatable bonds is 12. The van der Waals surface area contributed by atoms with E-state index in [1.165, 1.54) is 14.0 Å². The summed E-state index contributed by atoms with van der Waals surface area (Å²) in [6, 6.07) is 11.0. The maximum atomic E-state index is 14.0. The van der Waals surface area contributed by atoms with Crippen LogP contribution in [0.3, 0.4) is 0 Å². The van der Waals surface area contributed by atoms with Crippen LogP contribution in [0.15, 0.2) is 48.7 Å². The van der Waals surface area contributed by atoms with E-state index in [0.717, 1.165) is 77.0 Å². The van der Waals surface area contributed by atoms with Crippen molar-refractivity contribution in [2.45, 2.75) is 122 Å². The quantitative estimate of drug-likeness (QED) is 0.0968. The number of alkyl halides is 2. The Balaban J connectivity index is 1.04. The van der Waals surface area contributed by atoms with Crippen molar-refractivity contribution in [3.63, 3.8) is 0 Å². The Kier molecular flexibility index (Phi) is 12.3. The Morgan fingerprint density at radius 2 is 1.63 bits per heavy atom. The summed E-state index contributed by atoms with van der Waals surface area (Å²) in [4.78, 5) is 71.9. The summed E-state index contributed by atoms with van der Waals surface area (Å²) in [7, 11) is 2.40. The van der Waals surface area contributed by atoms with Crippen LogP contribution in [0.5, 0.6) is 5.75 Å². The van der Waals surface area contributed by atoms with Crippen molar-refractivity contribution in [1.29, 1.82) is 0 Å². The van der Waals surface area contributed by atoms with Gasteiger partial charge >= 0.3 is 18.8 Å². The minimum absolute atomic E-state index is 0.0352. The van der Waals surface area contributed by atoms with Gasteiger partial charge in [0, 0.05) is 23.0 Å². The minimum atomic E-state index is -3.15. The van der Waals surface area contributed by atoms with Gasteiger partial charge in [-0.1, -0.05) is 31.5 Å². The SMILES string of the molecule is CCCC1CCC(c2ncc(-c3ccc4c(c3)COc3cc5c(ccc6[nH]c(C7CCC(C)N7C(=O)C(NC(=O)OC)C(C)OC(F)F)nc65)cc3-4)[nH]2)N1C(=O)C(C)NC(=O)OC. The Morgan fingerprint density at radius 3 is 2.38 bits per heavy atom. The van der Waals surface area contributed by atoms with E-state index >= 15 is 0 Å². The van der Waals surface area contributed by atoms with Gasteiger partial charge in [-0.3, -0.25) is 9.59 Å². The molecule has 0 bridgehead atoms. The molecule has 0 saturated carbocycles. The predicted molar refractivity (Wildman–Crippen MR) is 228 cm³/mol. The number of carbonyl (C=O) groups excluding carboxylic acids is 4. The number of aromatic nitrogens is 4. The third-order valence-electron chi connectivity index (χ3n) is 12.6. The topological polar surface area (TPSA) is 193 Å². The normalized spacial score (nSPS) is 20.8. The lowest BCUT2D eigenvalue weighted by molar-refractivity contribution is -0.172. The van der Waals surface area contributed by atoms with E-state index in [1.807, 2.05) is 36.1 Å². The highest BCUT2D eigenvalue weighted by Crippen LogP contribution is 2.44. The molecule has 7 atom stereocenters. The number of fused-ring (bicyclic) bond motifs is 6. The molecule has 5 aromatic rings. The number of likely N-dealkylation sites (tertiary alicyclic amines) is 2. The number of benzene rings is 3. The molecule has 2 fully saturated rings. The fourth-order valence-corrected chi connectivity index (χ4v) is 9.50. The van der Waals surface area contributed by atoms with Gasteiger partial charge in [-0.15, -0.1) is 0 Å². The molecule has 18 heteroatoms. The summed E-state index contributed by atoms with van der Waals surface area (Å²) in [6.07, 6.45) is 3.39. The largest absolute Gasteiger partial charge is 0.488 e. The van der Waals surface area contributed by atoms with E-state index in [2.05, 4.69) is 55.2 Å². The molecule has 0 aliphatic carbocycles. The first-order chi connectivity index (χ1) is 30.3. The number of carbonyl (C=O) groups is 4.